The molecule has 1 rings (SSSR count). The van der Waals surface area contributed by atoms with Crippen LogP contribution in [0.3, 0.4) is 0 Å². The molecule has 1 saturated heterocycles. The standard InChI is InChI=1S/C12H17F5O4/c1-5-6(2)7(18)20-8-9(3,4)21-11(19,10(8,13)14)12(15,16)17/h6,8,19H,5H2,1-4H3. The lowest BCUT2D eigenvalue weighted by atomic mass is 9.95. The van der Waals surface area contributed by atoms with Crippen LogP contribution in [0.1, 0.15) is 34.1 Å². The third-order valence-electron chi connectivity index (χ3n) is 3.46. The molecule has 124 valence electrons. The Hall–Kier alpha value is -0.960. The average Bonchev–Trinajstić information content (AvgIpc) is 2.44. The third-order valence-corrected chi connectivity index (χ3v) is 3.46. The van der Waals surface area contributed by atoms with Crippen LogP contribution in [0.25, 0.3) is 0 Å². The summed E-state index contributed by atoms with van der Waals surface area (Å²) in [6, 6.07) is 0. The molecule has 4 nitrogen and oxygen atoms in total. The van der Waals surface area contributed by atoms with Gasteiger partial charge >= 0.3 is 23.9 Å². The summed E-state index contributed by atoms with van der Waals surface area (Å²) < 4.78 is 74.8. The maximum absolute atomic E-state index is 14.0. The van der Waals surface area contributed by atoms with Gasteiger partial charge in [0, 0.05) is 0 Å². The average molecular weight is 320 g/mol. The molecule has 1 aliphatic rings. The Labute approximate surface area is 118 Å². The molecule has 0 bridgehead atoms. The van der Waals surface area contributed by atoms with Gasteiger partial charge in [-0.2, -0.15) is 22.0 Å². The first kappa shape index (κ1) is 18.1. The summed E-state index contributed by atoms with van der Waals surface area (Å²) in [6.45, 7) is 4.75. The Morgan fingerprint density at radius 2 is 1.86 bits per heavy atom. The van der Waals surface area contributed by atoms with Crippen molar-refractivity contribution < 1.29 is 41.3 Å². The van der Waals surface area contributed by atoms with Crippen molar-refractivity contribution in [3.8, 4) is 0 Å². The van der Waals surface area contributed by atoms with Crippen LogP contribution in [0.5, 0.6) is 0 Å². The number of alkyl halides is 5. The predicted octanol–water partition coefficient (Wildman–Crippen LogP) is 2.64. The highest BCUT2D eigenvalue weighted by Crippen LogP contribution is 2.55. The number of hydrogen-bond donors (Lipinski definition) is 1. The number of carbonyl (C=O) groups excluding carboxylic acids is 1. The topological polar surface area (TPSA) is 55.8 Å². The highest BCUT2D eigenvalue weighted by molar-refractivity contribution is 5.72. The Kier molecular flexibility index (Phi) is 4.35. The first-order valence-corrected chi connectivity index (χ1v) is 6.28. The fraction of sp³-hybridized carbons (Fsp3) is 0.917. The van der Waals surface area contributed by atoms with E-state index in [-0.39, 0.29) is 6.42 Å². The number of ether oxygens (including phenoxy) is 2. The fourth-order valence-electron chi connectivity index (χ4n) is 1.98. The minimum Gasteiger partial charge on any atom is -0.452 e. The molecule has 0 saturated carbocycles. The Morgan fingerprint density at radius 1 is 1.38 bits per heavy atom. The van der Waals surface area contributed by atoms with E-state index in [0.29, 0.717) is 0 Å². The SMILES string of the molecule is CCC(C)C(=O)OC1C(C)(C)OC(O)(C(F)(F)F)C1(F)F. The minimum atomic E-state index is -5.74. The Morgan fingerprint density at radius 3 is 2.19 bits per heavy atom. The normalized spacial score (nSPS) is 32.8. The van der Waals surface area contributed by atoms with Gasteiger partial charge in [0.2, 0.25) is 0 Å². The first-order chi connectivity index (χ1) is 9.20. The van der Waals surface area contributed by atoms with Gasteiger partial charge in [-0.15, -0.1) is 0 Å². The summed E-state index contributed by atoms with van der Waals surface area (Å²) in [7, 11) is 0. The number of aliphatic hydroxyl groups is 1. The maximum Gasteiger partial charge on any atom is 0.449 e. The molecule has 1 N–H and O–H groups in total. The smallest absolute Gasteiger partial charge is 0.449 e. The van der Waals surface area contributed by atoms with Crippen molar-refractivity contribution in [3.63, 3.8) is 0 Å². The van der Waals surface area contributed by atoms with E-state index in [2.05, 4.69) is 9.47 Å². The second kappa shape index (κ2) is 5.05. The van der Waals surface area contributed by atoms with Crippen LogP contribution in [-0.4, -0.2) is 40.7 Å². The fourth-order valence-corrected chi connectivity index (χ4v) is 1.98. The molecule has 3 unspecified atom stereocenters. The highest BCUT2D eigenvalue weighted by atomic mass is 19.4. The van der Waals surface area contributed by atoms with E-state index in [4.69, 9.17) is 0 Å². The summed E-state index contributed by atoms with van der Waals surface area (Å²) in [6.07, 6.45) is -8.04. The molecule has 9 heteroatoms. The molecule has 1 heterocycles. The van der Waals surface area contributed by atoms with E-state index < -0.39 is 41.5 Å². The van der Waals surface area contributed by atoms with E-state index in [1.165, 1.54) is 6.92 Å². The van der Waals surface area contributed by atoms with Crippen LogP contribution in [0.2, 0.25) is 0 Å². The zero-order valence-electron chi connectivity index (χ0n) is 11.9. The molecule has 0 aromatic heterocycles. The molecule has 0 amide bonds. The lowest BCUT2D eigenvalue weighted by molar-refractivity contribution is -0.413. The van der Waals surface area contributed by atoms with Crippen molar-refractivity contribution in [1.82, 2.24) is 0 Å². The zero-order chi connectivity index (χ0) is 16.9. The molecule has 0 aliphatic carbocycles. The summed E-state index contributed by atoms with van der Waals surface area (Å²) >= 11 is 0. The predicted molar refractivity (Wildman–Crippen MR) is 60.5 cm³/mol. The van der Waals surface area contributed by atoms with Crippen LogP contribution in [-0.2, 0) is 14.3 Å². The maximum atomic E-state index is 14.0. The van der Waals surface area contributed by atoms with Gasteiger partial charge in [-0.25, -0.2) is 0 Å². The zero-order valence-corrected chi connectivity index (χ0v) is 11.9. The lowest BCUT2D eigenvalue weighted by Gasteiger charge is -2.31. The third kappa shape index (κ3) is 2.73. The molecule has 0 aromatic carbocycles. The van der Waals surface area contributed by atoms with Gasteiger partial charge in [-0.1, -0.05) is 13.8 Å². The molecular formula is C12H17F5O4. The van der Waals surface area contributed by atoms with E-state index in [1.54, 1.807) is 6.92 Å². The quantitative estimate of drug-likeness (QED) is 0.641. The summed E-state index contributed by atoms with van der Waals surface area (Å²) in [5, 5.41) is 9.28. The van der Waals surface area contributed by atoms with Gasteiger partial charge in [0.05, 0.1) is 5.92 Å². The highest BCUT2D eigenvalue weighted by Gasteiger charge is 2.83. The molecule has 0 spiro atoms. The molecule has 0 radical (unpaired) electrons. The van der Waals surface area contributed by atoms with Crippen molar-refractivity contribution in [3.05, 3.63) is 0 Å². The van der Waals surface area contributed by atoms with E-state index in [9.17, 15) is 31.9 Å². The van der Waals surface area contributed by atoms with Crippen LogP contribution in [0.15, 0.2) is 0 Å². The molecule has 1 fully saturated rings. The first-order valence-electron chi connectivity index (χ1n) is 6.28. The van der Waals surface area contributed by atoms with Gasteiger partial charge in [-0.05, 0) is 20.3 Å². The van der Waals surface area contributed by atoms with Crippen LogP contribution in [0, 0.1) is 5.92 Å². The van der Waals surface area contributed by atoms with E-state index in [0.717, 1.165) is 13.8 Å². The number of rotatable bonds is 3. The summed E-state index contributed by atoms with van der Waals surface area (Å²) in [4.78, 5) is 11.6. The van der Waals surface area contributed by atoms with Crippen LogP contribution < -0.4 is 0 Å². The molecule has 3 atom stereocenters. The molecular weight excluding hydrogens is 303 g/mol. The second-order valence-electron chi connectivity index (χ2n) is 5.60. The number of esters is 1. The van der Waals surface area contributed by atoms with Crippen LogP contribution in [0.4, 0.5) is 22.0 Å². The number of hydrogen-bond acceptors (Lipinski definition) is 4. The van der Waals surface area contributed by atoms with Gasteiger partial charge in [0.25, 0.3) is 0 Å². The van der Waals surface area contributed by atoms with Crippen molar-refractivity contribution in [1.29, 1.82) is 0 Å². The molecule has 1 aliphatic heterocycles. The monoisotopic (exact) mass is 320 g/mol. The number of carbonyl (C=O) groups is 1. The molecule has 21 heavy (non-hydrogen) atoms. The minimum absolute atomic E-state index is 0.266. The second-order valence-corrected chi connectivity index (χ2v) is 5.60. The van der Waals surface area contributed by atoms with Crippen molar-refractivity contribution in [2.75, 3.05) is 0 Å². The summed E-state index contributed by atoms with van der Waals surface area (Å²) in [5.41, 5.74) is -2.21. The van der Waals surface area contributed by atoms with Crippen LogP contribution >= 0.6 is 0 Å². The summed E-state index contributed by atoms with van der Waals surface area (Å²) in [5.74, 6) is -11.4. The van der Waals surface area contributed by atoms with E-state index in [1.807, 2.05) is 0 Å². The van der Waals surface area contributed by atoms with Crippen molar-refractivity contribution in [2.24, 2.45) is 5.92 Å². The van der Waals surface area contributed by atoms with Gasteiger partial charge in [0.15, 0.2) is 6.10 Å². The Bertz CT molecular complexity index is 420. The largest absolute Gasteiger partial charge is 0.452 e. The van der Waals surface area contributed by atoms with Crippen molar-refractivity contribution in [2.45, 2.75) is 63.7 Å². The number of halogens is 5. The van der Waals surface area contributed by atoms with E-state index >= 15 is 0 Å². The Balaban J connectivity index is 3.18. The molecule has 0 aromatic rings. The lowest BCUT2D eigenvalue weighted by Crippen LogP contribution is -2.59. The van der Waals surface area contributed by atoms with Gasteiger partial charge < -0.3 is 14.6 Å². The van der Waals surface area contributed by atoms with Crippen molar-refractivity contribution >= 4 is 5.97 Å². The van der Waals surface area contributed by atoms with Gasteiger partial charge in [-0.3, -0.25) is 4.79 Å². The van der Waals surface area contributed by atoms with Gasteiger partial charge in [0.1, 0.15) is 5.60 Å².